The van der Waals surface area contributed by atoms with Gasteiger partial charge in [0.25, 0.3) is 0 Å². The van der Waals surface area contributed by atoms with E-state index < -0.39 is 28.9 Å². The largest absolute Gasteiger partial charge is 0.390 e. The summed E-state index contributed by atoms with van der Waals surface area (Å²) >= 11 is 0. The minimum Gasteiger partial charge on any atom is -0.390 e. The van der Waals surface area contributed by atoms with Gasteiger partial charge in [0, 0.05) is 23.7 Å². The van der Waals surface area contributed by atoms with Crippen molar-refractivity contribution in [1.29, 1.82) is 0 Å². The molecule has 3 aliphatic heterocycles. The molecule has 6 heteroatoms. The van der Waals surface area contributed by atoms with E-state index in [1.165, 1.54) is 0 Å². The van der Waals surface area contributed by atoms with E-state index in [0.29, 0.717) is 13.2 Å². The molecule has 0 aromatic heterocycles. The van der Waals surface area contributed by atoms with E-state index in [2.05, 4.69) is 27.7 Å². The first-order valence-corrected chi connectivity index (χ1v) is 10.0. The molecule has 2 bridgehead atoms. The van der Waals surface area contributed by atoms with Crippen molar-refractivity contribution in [3.8, 4) is 0 Å². The van der Waals surface area contributed by atoms with Crippen LogP contribution >= 0.6 is 0 Å². The highest BCUT2D eigenvalue weighted by molar-refractivity contribution is 5.28. The van der Waals surface area contributed by atoms with Crippen LogP contribution < -0.4 is 0 Å². The Morgan fingerprint density at radius 3 is 2.23 bits per heavy atom. The van der Waals surface area contributed by atoms with Crippen LogP contribution in [0.25, 0.3) is 0 Å². The molecule has 5 fully saturated rings. The maximum atomic E-state index is 11.7. The summed E-state index contributed by atoms with van der Waals surface area (Å²) in [5.41, 5.74) is -1.68. The molecule has 5 rings (SSSR count). The molecule has 0 radical (unpaired) electrons. The van der Waals surface area contributed by atoms with Crippen molar-refractivity contribution < 1.29 is 28.8 Å². The quantitative estimate of drug-likeness (QED) is 0.707. The van der Waals surface area contributed by atoms with Crippen LogP contribution in [0.2, 0.25) is 0 Å². The summed E-state index contributed by atoms with van der Waals surface area (Å²) in [7, 11) is 0. The maximum absolute atomic E-state index is 11.7. The first kappa shape index (κ1) is 17.8. The lowest BCUT2D eigenvalue weighted by Crippen LogP contribution is -2.74. The van der Waals surface area contributed by atoms with Crippen molar-refractivity contribution in [3.63, 3.8) is 0 Å². The molecule has 2 saturated carbocycles. The number of hydrogen-bond donors (Lipinski definition) is 1. The Hall–Kier alpha value is -0.240. The van der Waals surface area contributed by atoms with Crippen molar-refractivity contribution >= 4 is 0 Å². The molecule has 148 valence electrons. The van der Waals surface area contributed by atoms with E-state index in [1.54, 1.807) is 0 Å². The molecule has 2 spiro atoms. The van der Waals surface area contributed by atoms with E-state index in [9.17, 15) is 5.11 Å². The molecular weight excluding hydrogens is 336 g/mol. The number of ether oxygens (including phenoxy) is 5. The zero-order valence-corrected chi connectivity index (χ0v) is 16.7. The third kappa shape index (κ3) is 1.80. The van der Waals surface area contributed by atoms with Crippen LogP contribution in [0.3, 0.4) is 0 Å². The average molecular weight is 368 g/mol. The van der Waals surface area contributed by atoms with Gasteiger partial charge < -0.3 is 28.8 Å². The van der Waals surface area contributed by atoms with Gasteiger partial charge in [-0.05, 0) is 34.1 Å². The standard InChI is InChI=1S/C20H32O6/c1-11-19(22-9-10-23-19)8-7-18(6)15-13(24-17(4,5)25-15)12-14(21)20(11,18)26-16(12,2)3/h11-15,21H,7-10H2,1-6H3/t11-,12-,13-,14-,15-,18+,20-/m0/s1. The van der Waals surface area contributed by atoms with Crippen molar-refractivity contribution in [2.75, 3.05) is 13.2 Å². The van der Waals surface area contributed by atoms with E-state index in [0.717, 1.165) is 12.8 Å². The lowest BCUT2D eigenvalue weighted by atomic mass is 9.48. The molecule has 5 aliphatic rings. The van der Waals surface area contributed by atoms with Crippen molar-refractivity contribution in [2.45, 2.75) is 95.5 Å². The Morgan fingerprint density at radius 1 is 0.923 bits per heavy atom. The molecule has 6 nitrogen and oxygen atoms in total. The zero-order valence-electron chi connectivity index (χ0n) is 16.7. The summed E-state index contributed by atoms with van der Waals surface area (Å²) in [4.78, 5) is 0. The van der Waals surface area contributed by atoms with E-state index in [1.807, 2.05) is 13.8 Å². The van der Waals surface area contributed by atoms with Gasteiger partial charge in [-0.15, -0.1) is 0 Å². The minimum atomic E-state index is -0.783. The fraction of sp³-hybridized carbons (Fsp3) is 1.00. The monoisotopic (exact) mass is 368 g/mol. The highest BCUT2D eigenvalue weighted by Gasteiger charge is 2.82. The number of aliphatic hydroxyl groups is 1. The second-order valence-electron chi connectivity index (χ2n) is 10.1. The molecule has 7 atom stereocenters. The zero-order chi connectivity index (χ0) is 18.8. The molecule has 0 aromatic rings. The van der Waals surface area contributed by atoms with Gasteiger partial charge in [-0.2, -0.15) is 0 Å². The Bertz CT molecular complexity index is 626. The van der Waals surface area contributed by atoms with Crippen LogP contribution in [0.15, 0.2) is 0 Å². The van der Waals surface area contributed by atoms with Crippen molar-refractivity contribution in [2.24, 2.45) is 17.3 Å². The molecule has 0 aromatic carbocycles. The Labute approximate surface area is 155 Å². The van der Waals surface area contributed by atoms with Gasteiger partial charge in [0.2, 0.25) is 0 Å². The van der Waals surface area contributed by atoms with Gasteiger partial charge in [-0.25, -0.2) is 0 Å². The van der Waals surface area contributed by atoms with Crippen molar-refractivity contribution in [1.82, 2.24) is 0 Å². The molecule has 26 heavy (non-hydrogen) atoms. The summed E-state index contributed by atoms with van der Waals surface area (Å²) < 4.78 is 31.8. The van der Waals surface area contributed by atoms with Crippen molar-refractivity contribution in [3.05, 3.63) is 0 Å². The first-order chi connectivity index (χ1) is 12.0. The summed E-state index contributed by atoms with van der Waals surface area (Å²) in [5, 5.41) is 11.7. The smallest absolute Gasteiger partial charge is 0.173 e. The Kier molecular flexibility index (Phi) is 3.32. The molecule has 0 unspecified atom stereocenters. The third-order valence-electron chi connectivity index (χ3n) is 8.09. The third-order valence-corrected chi connectivity index (χ3v) is 8.09. The fourth-order valence-corrected chi connectivity index (χ4v) is 7.03. The maximum Gasteiger partial charge on any atom is 0.173 e. The first-order valence-electron chi connectivity index (χ1n) is 10.0. The number of fused-ring (bicyclic) bond motifs is 4. The average Bonchev–Trinajstić information content (AvgIpc) is 3.16. The molecule has 1 N–H and O–H groups in total. The number of rotatable bonds is 0. The van der Waals surface area contributed by atoms with Crippen LogP contribution in [0, 0.1) is 17.3 Å². The van der Waals surface area contributed by atoms with Gasteiger partial charge in [-0.3, -0.25) is 0 Å². The van der Waals surface area contributed by atoms with Crippen LogP contribution in [0.5, 0.6) is 0 Å². The highest BCUT2D eigenvalue weighted by atomic mass is 16.8. The van der Waals surface area contributed by atoms with E-state index >= 15 is 0 Å². The minimum absolute atomic E-state index is 0.108. The lowest BCUT2D eigenvalue weighted by Gasteiger charge is -2.62. The molecule has 3 heterocycles. The fourth-order valence-electron chi connectivity index (χ4n) is 7.03. The second-order valence-corrected chi connectivity index (χ2v) is 10.1. The number of hydrogen-bond acceptors (Lipinski definition) is 6. The predicted molar refractivity (Wildman–Crippen MR) is 92.4 cm³/mol. The SMILES string of the molecule is C[C@H]1C2(CC[C@]3(C)[C@H]4OC(C)(C)O[C@H]4[C@H]4[C@H](O)[C@@]13OC4(C)C)OCCO2. The van der Waals surface area contributed by atoms with Gasteiger partial charge in [0.05, 0.1) is 37.1 Å². The van der Waals surface area contributed by atoms with Crippen LogP contribution in [-0.4, -0.2) is 59.4 Å². The summed E-state index contributed by atoms with van der Waals surface area (Å²) in [5.74, 6) is -1.59. The lowest BCUT2D eigenvalue weighted by molar-refractivity contribution is -0.336. The molecule has 2 aliphatic carbocycles. The van der Waals surface area contributed by atoms with Gasteiger partial charge in [0.1, 0.15) is 5.60 Å². The van der Waals surface area contributed by atoms with Crippen LogP contribution in [-0.2, 0) is 23.7 Å². The summed E-state index contributed by atoms with van der Waals surface area (Å²) in [6.07, 6.45) is 0.635. The topological polar surface area (TPSA) is 66.4 Å². The number of aliphatic hydroxyl groups excluding tert-OH is 1. The molecule has 3 saturated heterocycles. The molecule has 0 amide bonds. The summed E-state index contributed by atoms with van der Waals surface area (Å²) in [6, 6.07) is 0. The van der Waals surface area contributed by atoms with Crippen LogP contribution in [0.1, 0.15) is 54.4 Å². The Morgan fingerprint density at radius 2 is 1.58 bits per heavy atom. The van der Waals surface area contributed by atoms with Gasteiger partial charge >= 0.3 is 0 Å². The van der Waals surface area contributed by atoms with Crippen LogP contribution in [0.4, 0.5) is 0 Å². The van der Waals surface area contributed by atoms with Gasteiger partial charge in [0.15, 0.2) is 11.6 Å². The van der Waals surface area contributed by atoms with E-state index in [-0.39, 0.29) is 29.5 Å². The Balaban J connectivity index is 1.69. The molecular formula is C20H32O6. The normalized spacial score (nSPS) is 55.7. The highest BCUT2D eigenvalue weighted by Crippen LogP contribution is 2.70. The van der Waals surface area contributed by atoms with E-state index in [4.69, 9.17) is 23.7 Å². The van der Waals surface area contributed by atoms with Gasteiger partial charge in [-0.1, -0.05) is 13.8 Å². The predicted octanol–water partition coefficient (Wildman–Crippen LogP) is 2.22. The second kappa shape index (κ2) is 4.84. The summed E-state index contributed by atoms with van der Waals surface area (Å²) in [6.45, 7) is 13.6.